The smallest absolute Gasteiger partial charge is 0.174 e. The molecule has 0 aliphatic rings. The van der Waals surface area contributed by atoms with Gasteiger partial charge in [0.2, 0.25) is 0 Å². The Morgan fingerprint density at radius 3 is 2.93 bits per heavy atom. The van der Waals surface area contributed by atoms with Crippen molar-refractivity contribution in [2.24, 2.45) is 0 Å². The molecule has 0 saturated heterocycles. The van der Waals surface area contributed by atoms with E-state index in [1.807, 2.05) is 38.1 Å². The standard InChI is InChI=1S/C12H11NO2/c1-8-9(2)15-12-4-3-10(7-11(8)12)14-6-5-13/h3-4,7H,6H2,1-2H3. The molecule has 76 valence electrons. The van der Waals surface area contributed by atoms with Gasteiger partial charge in [0.1, 0.15) is 23.2 Å². The summed E-state index contributed by atoms with van der Waals surface area (Å²) in [6.45, 7) is 4.02. The summed E-state index contributed by atoms with van der Waals surface area (Å²) in [7, 11) is 0. The summed E-state index contributed by atoms with van der Waals surface area (Å²) in [5, 5.41) is 9.45. The molecule has 0 unspecified atom stereocenters. The lowest BCUT2D eigenvalue weighted by atomic mass is 10.1. The zero-order chi connectivity index (χ0) is 10.8. The van der Waals surface area contributed by atoms with Crippen molar-refractivity contribution in [2.45, 2.75) is 13.8 Å². The first-order valence-electron chi connectivity index (χ1n) is 4.72. The van der Waals surface area contributed by atoms with Crippen molar-refractivity contribution in [1.82, 2.24) is 0 Å². The van der Waals surface area contributed by atoms with Crippen LogP contribution < -0.4 is 4.74 Å². The van der Waals surface area contributed by atoms with Gasteiger partial charge in [-0.25, -0.2) is 0 Å². The number of fused-ring (bicyclic) bond motifs is 1. The molecule has 0 N–H and O–H groups in total. The monoisotopic (exact) mass is 201 g/mol. The molecule has 0 radical (unpaired) electrons. The summed E-state index contributed by atoms with van der Waals surface area (Å²) >= 11 is 0. The first-order valence-corrected chi connectivity index (χ1v) is 4.72. The molecule has 3 heteroatoms. The fourth-order valence-electron chi connectivity index (χ4n) is 1.53. The van der Waals surface area contributed by atoms with Gasteiger partial charge in [0.15, 0.2) is 6.61 Å². The third kappa shape index (κ3) is 1.66. The molecular formula is C12H11NO2. The number of hydrogen-bond acceptors (Lipinski definition) is 3. The Kier molecular flexibility index (Phi) is 2.34. The maximum absolute atomic E-state index is 8.41. The lowest BCUT2D eigenvalue weighted by Crippen LogP contribution is -1.92. The molecule has 15 heavy (non-hydrogen) atoms. The van der Waals surface area contributed by atoms with Crippen LogP contribution in [0.15, 0.2) is 22.6 Å². The van der Waals surface area contributed by atoms with Gasteiger partial charge in [-0.3, -0.25) is 0 Å². The van der Waals surface area contributed by atoms with Crippen LogP contribution in [0.3, 0.4) is 0 Å². The molecule has 3 nitrogen and oxygen atoms in total. The highest BCUT2D eigenvalue weighted by molar-refractivity contribution is 5.83. The Bertz CT molecular complexity index is 534. The lowest BCUT2D eigenvalue weighted by molar-refractivity contribution is 0.368. The average molecular weight is 201 g/mol. The van der Waals surface area contributed by atoms with Gasteiger partial charge in [0, 0.05) is 5.39 Å². The summed E-state index contributed by atoms with van der Waals surface area (Å²) < 4.78 is 10.8. The molecule has 0 spiro atoms. The fraction of sp³-hybridized carbons (Fsp3) is 0.250. The van der Waals surface area contributed by atoms with Gasteiger partial charge in [-0.1, -0.05) is 0 Å². The summed E-state index contributed by atoms with van der Waals surface area (Å²) in [4.78, 5) is 0. The molecule has 0 bridgehead atoms. The highest BCUT2D eigenvalue weighted by Crippen LogP contribution is 2.28. The van der Waals surface area contributed by atoms with Gasteiger partial charge >= 0.3 is 0 Å². The molecule has 1 aromatic heterocycles. The summed E-state index contributed by atoms with van der Waals surface area (Å²) in [5.74, 6) is 1.62. The highest BCUT2D eigenvalue weighted by Gasteiger charge is 2.07. The molecule has 0 amide bonds. The number of furan rings is 1. The maximum atomic E-state index is 8.41. The highest BCUT2D eigenvalue weighted by atomic mass is 16.5. The normalized spacial score (nSPS) is 10.2. The summed E-state index contributed by atoms with van der Waals surface area (Å²) in [5.41, 5.74) is 1.97. The predicted molar refractivity (Wildman–Crippen MR) is 56.8 cm³/mol. The number of hydrogen-bond donors (Lipinski definition) is 0. The van der Waals surface area contributed by atoms with Gasteiger partial charge in [0.25, 0.3) is 0 Å². The van der Waals surface area contributed by atoms with Crippen LogP contribution in [0.25, 0.3) is 11.0 Å². The predicted octanol–water partition coefficient (Wildman–Crippen LogP) is 2.95. The largest absolute Gasteiger partial charge is 0.479 e. The van der Waals surface area contributed by atoms with Gasteiger partial charge in [0.05, 0.1) is 0 Å². The molecule has 0 aliphatic carbocycles. The second kappa shape index (κ2) is 3.66. The van der Waals surface area contributed by atoms with E-state index < -0.39 is 0 Å². The Morgan fingerprint density at radius 2 is 2.20 bits per heavy atom. The average Bonchev–Trinajstić information content (AvgIpc) is 2.52. The minimum atomic E-state index is 0.0708. The SMILES string of the molecule is Cc1oc2ccc(OCC#N)cc2c1C. The maximum Gasteiger partial charge on any atom is 0.174 e. The molecule has 1 heterocycles. The summed E-state index contributed by atoms with van der Waals surface area (Å²) in [6.07, 6.45) is 0. The van der Waals surface area contributed by atoms with Crippen molar-refractivity contribution in [1.29, 1.82) is 5.26 Å². The summed E-state index contributed by atoms with van der Waals surface area (Å²) in [6, 6.07) is 7.51. The van der Waals surface area contributed by atoms with E-state index in [-0.39, 0.29) is 6.61 Å². The Morgan fingerprint density at radius 1 is 1.40 bits per heavy atom. The third-order valence-corrected chi connectivity index (χ3v) is 2.45. The van der Waals surface area contributed by atoms with Crippen molar-refractivity contribution in [2.75, 3.05) is 6.61 Å². The molecule has 1 aromatic carbocycles. The Labute approximate surface area is 87.9 Å². The van der Waals surface area contributed by atoms with Gasteiger partial charge in [-0.05, 0) is 37.6 Å². The van der Waals surface area contributed by atoms with Crippen LogP contribution in [0, 0.1) is 25.2 Å². The number of rotatable bonds is 2. The van der Waals surface area contributed by atoms with Crippen molar-refractivity contribution in [3.63, 3.8) is 0 Å². The zero-order valence-corrected chi connectivity index (χ0v) is 8.70. The van der Waals surface area contributed by atoms with E-state index in [9.17, 15) is 0 Å². The number of aryl methyl sites for hydroxylation is 2. The number of nitriles is 1. The van der Waals surface area contributed by atoms with E-state index >= 15 is 0 Å². The molecular weight excluding hydrogens is 190 g/mol. The van der Waals surface area contributed by atoms with E-state index in [4.69, 9.17) is 14.4 Å². The molecule has 0 atom stereocenters. The molecule has 2 rings (SSSR count). The van der Waals surface area contributed by atoms with Crippen LogP contribution in [0.2, 0.25) is 0 Å². The Hall–Kier alpha value is -1.95. The quantitative estimate of drug-likeness (QED) is 0.750. The van der Waals surface area contributed by atoms with Crippen molar-refractivity contribution in [3.8, 4) is 11.8 Å². The van der Waals surface area contributed by atoms with Crippen LogP contribution >= 0.6 is 0 Å². The van der Waals surface area contributed by atoms with Crippen LogP contribution in [-0.4, -0.2) is 6.61 Å². The number of ether oxygens (including phenoxy) is 1. The van der Waals surface area contributed by atoms with E-state index in [0.717, 1.165) is 22.3 Å². The lowest BCUT2D eigenvalue weighted by Gasteiger charge is -2.00. The van der Waals surface area contributed by atoms with E-state index in [2.05, 4.69) is 0 Å². The van der Waals surface area contributed by atoms with Crippen LogP contribution in [0.5, 0.6) is 5.75 Å². The van der Waals surface area contributed by atoms with Gasteiger partial charge in [-0.15, -0.1) is 0 Å². The first kappa shape index (κ1) is 9.60. The third-order valence-electron chi connectivity index (χ3n) is 2.45. The second-order valence-corrected chi connectivity index (χ2v) is 3.39. The van der Waals surface area contributed by atoms with Gasteiger partial charge < -0.3 is 9.15 Å². The van der Waals surface area contributed by atoms with E-state index in [1.165, 1.54) is 0 Å². The zero-order valence-electron chi connectivity index (χ0n) is 8.70. The van der Waals surface area contributed by atoms with Crippen molar-refractivity contribution >= 4 is 11.0 Å². The molecule has 0 aliphatic heterocycles. The van der Waals surface area contributed by atoms with Crippen LogP contribution in [0.1, 0.15) is 11.3 Å². The van der Waals surface area contributed by atoms with E-state index in [1.54, 1.807) is 0 Å². The minimum Gasteiger partial charge on any atom is -0.479 e. The molecule has 0 saturated carbocycles. The topological polar surface area (TPSA) is 46.2 Å². The van der Waals surface area contributed by atoms with Gasteiger partial charge in [-0.2, -0.15) is 5.26 Å². The Balaban J connectivity index is 2.46. The minimum absolute atomic E-state index is 0.0708. The first-order chi connectivity index (χ1) is 7.22. The second-order valence-electron chi connectivity index (χ2n) is 3.39. The number of nitrogens with zero attached hydrogens (tertiary/aromatic N) is 1. The van der Waals surface area contributed by atoms with E-state index in [0.29, 0.717) is 5.75 Å². The molecule has 0 fully saturated rings. The van der Waals surface area contributed by atoms with Crippen molar-refractivity contribution < 1.29 is 9.15 Å². The number of benzene rings is 1. The van der Waals surface area contributed by atoms with Crippen molar-refractivity contribution in [3.05, 3.63) is 29.5 Å². The molecule has 2 aromatic rings. The van der Waals surface area contributed by atoms with Crippen LogP contribution in [-0.2, 0) is 0 Å². The van der Waals surface area contributed by atoms with Crippen LogP contribution in [0.4, 0.5) is 0 Å². The fourth-order valence-corrected chi connectivity index (χ4v) is 1.53.